The topological polar surface area (TPSA) is 63.7 Å². The Morgan fingerprint density at radius 3 is 2.83 bits per heavy atom. The molecule has 0 spiro atoms. The van der Waals surface area contributed by atoms with E-state index < -0.39 is 0 Å². The van der Waals surface area contributed by atoms with Crippen LogP contribution < -0.4 is 19.7 Å². The van der Waals surface area contributed by atoms with Gasteiger partial charge >= 0.3 is 0 Å². The first kappa shape index (κ1) is 20.0. The summed E-state index contributed by atoms with van der Waals surface area (Å²) < 4.78 is 11.0. The van der Waals surface area contributed by atoms with E-state index in [0.29, 0.717) is 0 Å². The second kappa shape index (κ2) is 7.86. The number of nitrogens with one attached hydrogen (secondary N) is 1. The minimum atomic E-state index is -0.0558. The minimum absolute atomic E-state index is 0.00934. The number of hydrogen-bond donors (Lipinski definition) is 1. The van der Waals surface area contributed by atoms with Crippen LogP contribution in [-0.2, 0) is 16.6 Å². The molecule has 1 amide bonds. The molecule has 1 unspecified atom stereocenters. The second-order valence-electron chi connectivity index (χ2n) is 8.79. The van der Waals surface area contributed by atoms with Crippen molar-refractivity contribution in [2.75, 3.05) is 18.2 Å². The minimum Gasteiger partial charge on any atom is -0.454 e. The maximum Gasteiger partial charge on any atom is 0.231 e. The van der Waals surface area contributed by atoms with Crippen molar-refractivity contribution in [2.45, 2.75) is 65.0 Å². The Morgan fingerprint density at radius 2 is 2.07 bits per heavy atom. The molecular weight excluding hydrogens is 386 g/mol. The van der Waals surface area contributed by atoms with Crippen LogP contribution in [0.15, 0.2) is 18.2 Å². The quantitative estimate of drug-likeness (QED) is 0.810. The maximum atomic E-state index is 11.7. The van der Waals surface area contributed by atoms with Crippen molar-refractivity contribution in [3.8, 4) is 11.5 Å². The summed E-state index contributed by atoms with van der Waals surface area (Å²) in [5, 5.41) is 4.10. The summed E-state index contributed by atoms with van der Waals surface area (Å²) in [6, 6.07) is 6.14. The van der Waals surface area contributed by atoms with Gasteiger partial charge in [-0.1, -0.05) is 26.8 Å². The van der Waals surface area contributed by atoms with Crippen LogP contribution in [0.4, 0.5) is 5.13 Å². The highest BCUT2D eigenvalue weighted by molar-refractivity contribution is 7.15. The van der Waals surface area contributed by atoms with Gasteiger partial charge in [0.25, 0.3) is 0 Å². The first-order valence-corrected chi connectivity index (χ1v) is 11.1. The molecule has 2 aromatic rings. The Kier molecular flexibility index (Phi) is 5.42. The number of carbonyl (C=O) groups is 1. The van der Waals surface area contributed by atoms with E-state index in [1.165, 1.54) is 10.4 Å². The van der Waals surface area contributed by atoms with E-state index in [-0.39, 0.29) is 24.3 Å². The van der Waals surface area contributed by atoms with Gasteiger partial charge in [0.05, 0.1) is 5.69 Å². The Bertz CT molecular complexity index is 903. The predicted octanol–water partition coefficient (Wildman–Crippen LogP) is 4.21. The molecule has 2 aliphatic rings. The number of hydrogen-bond acceptors (Lipinski definition) is 6. The van der Waals surface area contributed by atoms with Crippen molar-refractivity contribution in [1.82, 2.24) is 10.3 Å². The van der Waals surface area contributed by atoms with E-state index in [1.807, 2.05) is 6.07 Å². The summed E-state index contributed by atoms with van der Waals surface area (Å²) in [5.41, 5.74) is 2.26. The SMILES string of the molecule is CC(=O)NC1CCCCN1c1nc(C(C)(C)C)c(Cc2ccc3c(c2)OCO3)s1. The summed E-state index contributed by atoms with van der Waals surface area (Å²) in [7, 11) is 0. The summed E-state index contributed by atoms with van der Waals surface area (Å²) in [6.07, 6.45) is 4.04. The molecule has 2 aliphatic heterocycles. The second-order valence-corrected chi connectivity index (χ2v) is 9.85. The van der Waals surface area contributed by atoms with Gasteiger partial charge in [-0.3, -0.25) is 4.79 Å². The predicted molar refractivity (Wildman–Crippen MR) is 115 cm³/mol. The molecule has 1 N–H and O–H groups in total. The fourth-order valence-corrected chi connectivity index (χ4v) is 5.33. The number of thiazole rings is 1. The van der Waals surface area contributed by atoms with Crippen LogP contribution >= 0.6 is 11.3 Å². The Hall–Kier alpha value is -2.28. The zero-order valence-electron chi connectivity index (χ0n) is 17.6. The zero-order chi connectivity index (χ0) is 20.6. The van der Waals surface area contributed by atoms with Crippen molar-refractivity contribution in [2.24, 2.45) is 0 Å². The zero-order valence-corrected chi connectivity index (χ0v) is 18.4. The van der Waals surface area contributed by atoms with Gasteiger partial charge in [-0.15, -0.1) is 11.3 Å². The smallest absolute Gasteiger partial charge is 0.231 e. The third-order valence-electron chi connectivity index (χ3n) is 5.32. The number of anilines is 1. The molecule has 0 saturated carbocycles. The molecule has 0 radical (unpaired) electrons. The van der Waals surface area contributed by atoms with E-state index in [2.05, 4.69) is 43.1 Å². The van der Waals surface area contributed by atoms with Crippen LogP contribution in [0.5, 0.6) is 11.5 Å². The normalized spacial score (nSPS) is 18.8. The molecule has 1 saturated heterocycles. The molecule has 3 heterocycles. The summed E-state index contributed by atoms with van der Waals surface area (Å²) in [5.74, 6) is 1.63. The summed E-state index contributed by atoms with van der Waals surface area (Å²) >= 11 is 1.74. The van der Waals surface area contributed by atoms with Crippen LogP contribution in [-0.4, -0.2) is 30.4 Å². The summed E-state index contributed by atoms with van der Waals surface area (Å²) in [6.45, 7) is 9.41. The molecular formula is C22H29N3O3S. The molecule has 4 rings (SSSR count). The maximum absolute atomic E-state index is 11.7. The average Bonchev–Trinajstić information content (AvgIpc) is 3.28. The number of piperidine rings is 1. The lowest BCUT2D eigenvalue weighted by Gasteiger charge is -2.35. The standard InChI is InChI=1S/C22H29N3O3S/c1-14(26)23-19-7-5-6-10-25(19)21-24-20(22(2,3)4)18(29-21)12-15-8-9-16-17(11-15)28-13-27-16/h8-9,11,19H,5-7,10,12-13H2,1-4H3,(H,23,26). The highest BCUT2D eigenvalue weighted by atomic mass is 32.1. The molecule has 0 aliphatic carbocycles. The van der Waals surface area contributed by atoms with E-state index in [0.717, 1.165) is 54.6 Å². The van der Waals surface area contributed by atoms with Crippen LogP contribution in [0.25, 0.3) is 0 Å². The first-order chi connectivity index (χ1) is 13.8. The van der Waals surface area contributed by atoms with Gasteiger partial charge in [-0.05, 0) is 37.0 Å². The molecule has 1 fully saturated rings. The van der Waals surface area contributed by atoms with E-state index in [1.54, 1.807) is 18.3 Å². The molecule has 1 aromatic carbocycles. The molecule has 156 valence electrons. The fourth-order valence-electron chi connectivity index (χ4n) is 3.95. The molecule has 1 atom stereocenters. The average molecular weight is 416 g/mol. The van der Waals surface area contributed by atoms with Gasteiger partial charge < -0.3 is 19.7 Å². The highest BCUT2D eigenvalue weighted by Crippen LogP contribution is 2.39. The fraction of sp³-hybridized carbons (Fsp3) is 0.545. The van der Waals surface area contributed by atoms with Crippen LogP contribution in [0.1, 0.15) is 63.1 Å². The van der Waals surface area contributed by atoms with E-state index >= 15 is 0 Å². The van der Waals surface area contributed by atoms with Crippen molar-refractivity contribution in [3.63, 3.8) is 0 Å². The summed E-state index contributed by atoms with van der Waals surface area (Å²) in [4.78, 5) is 20.3. The van der Waals surface area contributed by atoms with Crippen molar-refractivity contribution in [3.05, 3.63) is 34.3 Å². The molecule has 1 aromatic heterocycles. The van der Waals surface area contributed by atoms with E-state index in [9.17, 15) is 4.79 Å². The monoisotopic (exact) mass is 415 g/mol. The lowest BCUT2D eigenvalue weighted by atomic mass is 9.90. The number of amides is 1. The number of carbonyl (C=O) groups excluding carboxylic acids is 1. The van der Waals surface area contributed by atoms with Crippen LogP contribution in [0, 0.1) is 0 Å². The number of ether oxygens (including phenoxy) is 2. The highest BCUT2D eigenvalue weighted by Gasteiger charge is 2.30. The Balaban J connectivity index is 1.65. The van der Waals surface area contributed by atoms with Crippen LogP contribution in [0.3, 0.4) is 0 Å². The van der Waals surface area contributed by atoms with Gasteiger partial charge in [0.1, 0.15) is 6.17 Å². The number of fused-ring (bicyclic) bond motifs is 1. The molecule has 29 heavy (non-hydrogen) atoms. The van der Waals surface area contributed by atoms with Crippen molar-refractivity contribution >= 4 is 22.4 Å². The molecule has 6 nitrogen and oxygen atoms in total. The molecule has 0 bridgehead atoms. The van der Waals surface area contributed by atoms with Gasteiger partial charge in [-0.25, -0.2) is 4.98 Å². The van der Waals surface area contributed by atoms with Crippen molar-refractivity contribution < 1.29 is 14.3 Å². The van der Waals surface area contributed by atoms with Crippen molar-refractivity contribution in [1.29, 1.82) is 0 Å². The Labute approximate surface area is 176 Å². The van der Waals surface area contributed by atoms with Gasteiger partial charge in [-0.2, -0.15) is 0 Å². The van der Waals surface area contributed by atoms with Gasteiger partial charge in [0.2, 0.25) is 12.7 Å². The first-order valence-electron chi connectivity index (χ1n) is 10.2. The van der Waals surface area contributed by atoms with Gasteiger partial charge in [0, 0.05) is 30.2 Å². The number of nitrogens with zero attached hydrogens (tertiary/aromatic N) is 2. The largest absolute Gasteiger partial charge is 0.454 e. The third kappa shape index (κ3) is 4.34. The molecule has 7 heteroatoms. The van der Waals surface area contributed by atoms with E-state index in [4.69, 9.17) is 14.5 Å². The van der Waals surface area contributed by atoms with Gasteiger partial charge in [0.15, 0.2) is 16.6 Å². The Morgan fingerprint density at radius 1 is 1.28 bits per heavy atom. The lowest BCUT2D eigenvalue weighted by molar-refractivity contribution is -0.119. The number of aromatic nitrogens is 1. The lowest BCUT2D eigenvalue weighted by Crippen LogP contribution is -2.50. The van der Waals surface area contributed by atoms with Crippen LogP contribution in [0.2, 0.25) is 0 Å². The third-order valence-corrected chi connectivity index (χ3v) is 6.41. The number of benzene rings is 1. The number of rotatable bonds is 4.